The molecule has 4 heteroatoms. The summed E-state index contributed by atoms with van der Waals surface area (Å²) in [5, 5.41) is 1.04. The largest absolute Gasteiger partial charge is 0.487 e. The molecule has 0 unspecified atom stereocenters. The van der Waals surface area contributed by atoms with Gasteiger partial charge in [0.25, 0.3) is 0 Å². The summed E-state index contributed by atoms with van der Waals surface area (Å²) in [6.07, 6.45) is 1.64. The maximum atomic E-state index is 5.96. The third-order valence-corrected chi connectivity index (χ3v) is 2.71. The van der Waals surface area contributed by atoms with Crippen LogP contribution in [0.4, 0.5) is 0 Å². The average molecular weight is 254 g/mol. The number of aromatic nitrogens is 1. The van der Waals surface area contributed by atoms with Crippen LogP contribution < -0.4 is 4.74 Å². The highest BCUT2D eigenvalue weighted by atomic mass is 35.5. The van der Waals surface area contributed by atoms with E-state index >= 15 is 0 Å². The van der Waals surface area contributed by atoms with E-state index in [1.165, 1.54) is 0 Å². The molecule has 1 heterocycles. The maximum absolute atomic E-state index is 5.96. The molecule has 2 nitrogen and oxygen atoms in total. The summed E-state index contributed by atoms with van der Waals surface area (Å²) < 4.78 is 5.55. The smallest absolute Gasteiger partial charge is 0.138 e. The molecule has 1 aromatic carbocycles. The van der Waals surface area contributed by atoms with Crippen molar-refractivity contribution >= 4 is 23.2 Å². The Morgan fingerprint density at radius 3 is 2.62 bits per heavy atom. The van der Waals surface area contributed by atoms with Gasteiger partial charge < -0.3 is 4.74 Å². The summed E-state index contributed by atoms with van der Waals surface area (Å²) in [6, 6.07) is 11.0. The Bertz CT molecular complexity index is 442. The molecule has 0 saturated heterocycles. The lowest BCUT2D eigenvalue weighted by atomic mass is 10.3. The fourth-order valence-electron chi connectivity index (χ4n) is 1.24. The van der Waals surface area contributed by atoms with E-state index in [4.69, 9.17) is 27.9 Å². The number of para-hydroxylation sites is 1. The van der Waals surface area contributed by atoms with Crippen molar-refractivity contribution in [3.8, 4) is 5.75 Å². The SMILES string of the molecule is Clc1ccccc1OCc1cccnc1Cl. The van der Waals surface area contributed by atoms with Gasteiger partial charge in [0.05, 0.1) is 5.02 Å². The van der Waals surface area contributed by atoms with Crippen LogP contribution in [-0.2, 0) is 6.61 Å². The summed E-state index contributed by atoms with van der Waals surface area (Å²) in [5.41, 5.74) is 0.837. The summed E-state index contributed by atoms with van der Waals surface area (Å²) in [5.74, 6) is 0.643. The highest BCUT2D eigenvalue weighted by Gasteiger charge is 2.03. The molecule has 82 valence electrons. The van der Waals surface area contributed by atoms with Crippen molar-refractivity contribution in [3.05, 3.63) is 58.3 Å². The molecule has 2 aromatic rings. The van der Waals surface area contributed by atoms with Gasteiger partial charge in [-0.2, -0.15) is 0 Å². The van der Waals surface area contributed by atoms with Crippen LogP contribution in [0, 0.1) is 0 Å². The predicted octanol–water partition coefficient (Wildman–Crippen LogP) is 3.97. The van der Waals surface area contributed by atoms with Gasteiger partial charge in [-0.15, -0.1) is 0 Å². The molecule has 0 radical (unpaired) electrons. The summed E-state index contributed by atoms with van der Waals surface area (Å²) in [4.78, 5) is 3.97. The molecule has 2 rings (SSSR count). The molecule has 1 aromatic heterocycles. The first-order valence-electron chi connectivity index (χ1n) is 4.74. The summed E-state index contributed by atoms with van der Waals surface area (Å²) in [7, 11) is 0. The molecule has 0 aliphatic carbocycles. The number of benzene rings is 1. The molecule has 16 heavy (non-hydrogen) atoms. The van der Waals surface area contributed by atoms with Crippen molar-refractivity contribution in [2.45, 2.75) is 6.61 Å². The van der Waals surface area contributed by atoms with Crippen molar-refractivity contribution in [2.24, 2.45) is 0 Å². The van der Waals surface area contributed by atoms with E-state index < -0.39 is 0 Å². The molecule has 0 N–H and O–H groups in total. The Morgan fingerprint density at radius 2 is 1.88 bits per heavy atom. The number of nitrogens with zero attached hydrogens (tertiary/aromatic N) is 1. The van der Waals surface area contributed by atoms with E-state index in [1.807, 2.05) is 30.3 Å². The van der Waals surface area contributed by atoms with Crippen molar-refractivity contribution in [1.29, 1.82) is 0 Å². The summed E-state index contributed by atoms with van der Waals surface area (Å²) in [6.45, 7) is 0.358. The first kappa shape index (κ1) is 11.2. The second-order valence-electron chi connectivity index (χ2n) is 3.17. The maximum Gasteiger partial charge on any atom is 0.138 e. The summed E-state index contributed by atoms with van der Waals surface area (Å²) >= 11 is 11.9. The standard InChI is InChI=1S/C12H9Cl2NO/c13-10-5-1-2-6-11(10)16-8-9-4-3-7-15-12(9)14/h1-7H,8H2. The second kappa shape index (κ2) is 5.19. The Balaban J connectivity index is 2.09. The Labute approximate surface area is 104 Å². The molecule has 0 bridgehead atoms. The fourth-order valence-corrected chi connectivity index (χ4v) is 1.61. The number of rotatable bonds is 3. The molecular formula is C12H9Cl2NO. The minimum absolute atomic E-state index is 0.358. The number of hydrogen-bond donors (Lipinski definition) is 0. The van der Waals surface area contributed by atoms with E-state index in [-0.39, 0.29) is 0 Å². The molecule has 0 spiro atoms. The highest BCUT2D eigenvalue weighted by Crippen LogP contribution is 2.24. The van der Waals surface area contributed by atoms with Crippen LogP contribution in [0.25, 0.3) is 0 Å². The first-order chi connectivity index (χ1) is 7.77. The third kappa shape index (κ3) is 2.65. The second-order valence-corrected chi connectivity index (χ2v) is 3.94. The van der Waals surface area contributed by atoms with Crippen molar-refractivity contribution in [3.63, 3.8) is 0 Å². The topological polar surface area (TPSA) is 22.1 Å². The van der Waals surface area contributed by atoms with Crippen LogP contribution in [0.5, 0.6) is 5.75 Å². The van der Waals surface area contributed by atoms with Gasteiger partial charge >= 0.3 is 0 Å². The predicted molar refractivity (Wildman–Crippen MR) is 65.0 cm³/mol. The third-order valence-electron chi connectivity index (χ3n) is 2.06. The van der Waals surface area contributed by atoms with Crippen LogP contribution in [0.1, 0.15) is 5.56 Å². The zero-order valence-electron chi connectivity index (χ0n) is 8.36. The molecular weight excluding hydrogens is 245 g/mol. The van der Waals surface area contributed by atoms with Gasteiger partial charge in [0.1, 0.15) is 17.5 Å². The number of halogens is 2. The Morgan fingerprint density at radius 1 is 1.06 bits per heavy atom. The van der Waals surface area contributed by atoms with Gasteiger partial charge in [0, 0.05) is 11.8 Å². The monoisotopic (exact) mass is 253 g/mol. The van der Waals surface area contributed by atoms with Crippen LogP contribution in [0.15, 0.2) is 42.6 Å². The molecule has 0 aliphatic heterocycles. The molecule has 0 fully saturated rings. The van der Waals surface area contributed by atoms with Gasteiger partial charge in [-0.1, -0.05) is 41.4 Å². The average Bonchev–Trinajstić information content (AvgIpc) is 2.30. The zero-order chi connectivity index (χ0) is 11.4. The number of ether oxygens (including phenoxy) is 1. The minimum atomic E-state index is 0.358. The minimum Gasteiger partial charge on any atom is -0.487 e. The van der Waals surface area contributed by atoms with Crippen molar-refractivity contribution < 1.29 is 4.74 Å². The fraction of sp³-hybridized carbons (Fsp3) is 0.0833. The zero-order valence-corrected chi connectivity index (χ0v) is 9.87. The van der Waals surface area contributed by atoms with E-state index in [0.29, 0.717) is 22.5 Å². The van der Waals surface area contributed by atoms with Crippen LogP contribution in [-0.4, -0.2) is 4.98 Å². The van der Waals surface area contributed by atoms with Gasteiger partial charge in [-0.3, -0.25) is 0 Å². The quantitative estimate of drug-likeness (QED) is 0.773. The van der Waals surface area contributed by atoms with Gasteiger partial charge in [-0.25, -0.2) is 4.98 Å². The van der Waals surface area contributed by atoms with E-state index in [9.17, 15) is 0 Å². The lowest BCUT2D eigenvalue weighted by molar-refractivity contribution is 0.306. The highest BCUT2D eigenvalue weighted by molar-refractivity contribution is 6.32. The van der Waals surface area contributed by atoms with Crippen LogP contribution in [0.2, 0.25) is 10.2 Å². The van der Waals surface area contributed by atoms with E-state index in [1.54, 1.807) is 12.3 Å². The van der Waals surface area contributed by atoms with Crippen molar-refractivity contribution in [1.82, 2.24) is 4.98 Å². The number of hydrogen-bond acceptors (Lipinski definition) is 2. The Kier molecular flexibility index (Phi) is 3.65. The number of pyridine rings is 1. The lowest BCUT2D eigenvalue weighted by Gasteiger charge is -2.08. The lowest BCUT2D eigenvalue weighted by Crippen LogP contribution is -1.97. The molecule has 0 aliphatic rings. The first-order valence-corrected chi connectivity index (χ1v) is 5.49. The molecule has 0 atom stereocenters. The van der Waals surface area contributed by atoms with Crippen LogP contribution >= 0.6 is 23.2 Å². The van der Waals surface area contributed by atoms with Gasteiger partial charge in [0.2, 0.25) is 0 Å². The van der Waals surface area contributed by atoms with Gasteiger partial charge in [-0.05, 0) is 18.2 Å². The van der Waals surface area contributed by atoms with Crippen LogP contribution in [0.3, 0.4) is 0 Å². The van der Waals surface area contributed by atoms with Gasteiger partial charge in [0.15, 0.2) is 0 Å². The normalized spacial score (nSPS) is 10.1. The van der Waals surface area contributed by atoms with E-state index in [0.717, 1.165) is 5.56 Å². The molecule has 0 amide bonds. The van der Waals surface area contributed by atoms with E-state index in [2.05, 4.69) is 4.98 Å². The van der Waals surface area contributed by atoms with Crippen molar-refractivity contribution in [2.75, 3.05) is 0 Å². The Hall–Kier alpha value is -1.25. The molecule has 0 saturated carbocycles.